The van der Waals surface area contributed by atoms with Gasteiger partial charge in [0.15, 0.2) is 0 Å². The Kier molecular flexibility index (Phi) is 5.14. The lowest BCUT2D eigenvalue weighted by atomic mass is 10.1. The van der Waals surface area contributed by atoms with Gasteiger partial charge in [-0.3, -0.25) is 10.1 Å². The van der Waals surface area contributed by atoms with E-state index in [0.717, 1.165) is 6.54 Å². The van der Waals surface area contributed by atoms with Crippen molar-refractivity contribution >= 4 is 27.7 Å². The van der Waals surface area contributed by atoms with Crippen molar-refractivity contribution in [2.75, 3.05) is 13.1 Å². The van der Waals surface area contributed by atoms with E-state index in [4.69, 9.17) is 0 Å². The highest BCUT2D eigenvalue weighted by atomic mass is 79.9. The summed E-state index contributed by atoms with van der Waals surface area (Å²) in [7, 11) is 0. The number of halogens is 1. The number of nitrogens with zero attached hydrogens (tertiary/aromatic N) is 1. The second-order valence-electron chi connectivity index (χ2n) is 3.17. The first kappa shape index (κ1) is 12.9. The number of benzene rings is 1. The smallest absolute Gasteiger partial charge is 0.277 e. The molecule has 1 aromatic rings. The van der Waals surface area contributed by atoms with Crippen molar-refractivity contribution in [2.24, 2.45) is 0 Å². The molecule has 5 heteroatoms. The first-order chi connectivity index (χ1) is 7.65. The van der Waals surface area contributed by atoms with E-state index in [1.807, 2.05) is 13.0 Å². The Bertz CT molecular complexity index is 405. The summed E-state index contributed by atoms with van der Waals surface area (Å²) in [5.74, 6) is 0. The lowest BCUT2D eigenvalue weighted by Crippen LogP contribution is -2.11. The molecule has 0 saturated heterocycles. The van der Waals surface area contributed by atoms with Gasteiger partial charge in [-0.05, 0) is 18.7 Å². The number of likely N-dealkylation sites (N-methyl/N-ethyl adjacent to an activating group) is 1. The van der Waals surface area contributed by atoms with E-state index in [0.29, 0.717) is 16.6 Å². The molecular weight excluding hydrogens is 272 g/mol. The Hall–Kier alpha value is -1.20. The minimum atomic E-state index is -0.377. The first-order valence-corrected chi connectivity index (χ1v) is 5.75. The van der Waals surface area contributed by atoms with Gasteiger partial charge in [0.1, 0.15) is 0 Å². The summed E-state index contributed by atoms with van der Waals surface area (Å²) in [5.41, 5.74) is 0.730. The van der Waals surface area contributed by atoms with Crippen LogP contribution in [0.2, 0.25) is 0 Å². The Morgan fingerprint density at radius 3 is 2.94 bits per heavy atom. The van der Waals surface area contributed by atoms with Crippen molar-refractivity contribution in [3.05, 3.63) is 44.4 Å². The molecule has 0 aliphatic carbocycles. The lowest BCUT2D eigenvalue weighted by Gasteiger charge is -1.98. The SMILES string of the molecule is CCNC/C=C/c1ccc(Br)cc1[N+](=O)[O-]. The number of nitro groups is 1. The van der Waals surface area contributed by atoms with Crippen LogP contribution in [0.15, 0.2) is 28.7 Å². The highest BCUT2D eigenvalue weighted by molar-refractivity contribution is 9.10. The van der Waals surface area contributed by atoms with Gasteiger partial charge >= 0.3 is 0 Å². The molecular formula is C11H13BrN2O2. The summed E-state index contributed by atoms with van der Waals surface area (Å²) in [6.07, 6.45) is 3.63. The van der Waals surface area contributed by atoms with Crippen LogP contribution in [-0.4, -0.2) is 18.0 Å². The number of nitro benzene ring substituents is 1. The van der Waals surface area contributed by atoms with Gasteiger partial charge in [-0.2, -0.15) is 0 Å². The van der Waals surface area contributed by atoms with Crippen LogP contribution in [0.5, 0.6) is 0 Å². The zero-order valence-electron chi connectivity index (χ0n) is 8.94. The van der Waals surface area contributed by atoms with Crippen molar-refractivity contribution in [1.82, 2.24) is 5.32 Å². The van der Waals surface area contributed by atoms with E-state index in [1.165, 1.54) is 6.07 Å². The van der Waals surface area contributed by atoms with Crippen LogP contribution in [0.25, 0.3) is 6.08 Å². The van der Waals surface area contributed by atoms with Crippen LogP contribution in [-0.2, 0) is 0 Å². The molecule has 0 saturated carbocycles. The minimum absolute atomic E-state index is 0.113. The zero-order chi connectivity index (χ0) is 12.0. The standard InChI is InChI=1S/C11H13BrN2O2/c1-2-13-7-3-4-9-5-6-10(12)8-11(9)14(15)16/h3-6,8,13H,2,7H2,1H3/b4-3+. The predicted molar refractivity (Wildman–Crippen MR) is 68.4 cm³/mol. The van der Waals surface area contributed by atoms with Gasteiger partial charge in [-0.25, -0.2) is 0 Å². The van der Waals surface area contributed by atoms with Gasteiger partial charge in [0.25, 0.3) is 5.69 Å². The number of nitrogens with one attached hydrogen (secondary N) is 1. The second-order valence-corrected chi connectivity index (χ2v) is 4.09. The Morgan fingerprint density at radius 1 is 1.56 bits per heavy atom. The van der Waals surface area contributed by atoms with Crippen LogP contribution in [0.3, 0.4) is 0 Å². The third kappa shape index (κ3) is 3.75. The van der Waals surface area contributed by atoms with Crippen molar-refractivity contribution in [2.45, 2.75) is 6.92 Å². The molecule has 0 aliphatic heterocycles. The Labute approximate surface area is 103 Å². The summed E-state index contributed by atoms with van der Waals surface area (Å²) in [4.78, 5) is 10.4. The van der Waals surface area contributed by atoms with Crippen LogP contribution in [0.1, 0.15) is 12.5 Å². The molecule has 0 spiro atoms. The zero-order valence-corrected chi connectivity index (χ0v) is 10.5. The Morgan fingerprint density at radius 2 is 2.31 bits per heavy atom. The van der Waals surface area contributed by atoms with Gasteiger partial charge < -0.3 is 5.32 Å². The molecule has 0 amide bonds. The van der Waals surface area contributed by atoms with Crippen LogP contribution in [0.4, 0.5) is 5.69 Å². The fourth-order valence-corrected chi connectivity index (χ4v) is 1.58. The molecule has 1 rings (SSSR count). The van der Waals surface area contributed by atoms with E-state index in [2.05, 4.69) is 21.2 Å². The van der Waals surface area contributed by atoms with Gasteiger partial charge in [0.2, 0.25) is 0 Å². The van der Waals surface area contributed by atoms with Crippen molar-refractivity contribution < 1.29 is 4.92 Å². The van der Waals surface area contributed by atoms with Gasteiger partial charge in [0.05, 0.1) is 10.5 Å². The highest BCUT2D eigenvalue weighted by Crippen LogP contribution is 2.24. The average molecular weight is 285 g/mol. The average Bonchev–Trinajstić information content (AvgIpc) is 2.26. The van der Waals surface area contributed by atoms with Crippen molar-refractivity contribution in [1.29, 1.82) is 0 Å². The number of hydrogen-bond acceptors (Lipinski definition) is 3. The molecule has 0 bridgehead atoms. The topological polar surface area (TPSA) is 55.2 Å². The summed E-state index contributed by atoms with van der Waals surface area (Å²) in [5, 5.41) is 13.9. The fourth-order valence-electron chi connectivity index (χ4n) is 1.23. The quantitative estimate of drug-likeness (QED) is 0.514. The molecule has 4 nitrogen and oxygen atoms in total. The van der Waals surface area contributed by atoms with Crippen LogP contribution < -0.4 is 5.32 Å². The van der Waals surface area contributed by atoms with E-state index >= 15 is 0 Å². The molecule has 0 atom stereocenters. The maximum atomic E-state index is 10.8. The molecule has 0 aromatic heterocycles. The maximum Gasteiger partial charge on any atom is 0.277 e. The third-order valence-corrected chi connectivity index (χ3v) is 2.49. The number of rotatable bonds is 5. The minimum Gasteiger partial charge on any atom is -0.314 e. The molecule has 0 fully saturated rings. The molecule has 86 valence electrons. The summed E-state index contributed by atoms with van der Waals surface area (Å²) in [6.45, 7) is 3.60. The monoisotopic (exact) mass is 284 g/mol. The maximum absolute atomic E-state index is 10.8. The van der Waals surface area contributed by atoms with Crippen molar-refractivity contribution in [3.63, 3.8) is 0 Å². The van der Waals surface area contributed by atoms with Crippen molar-refractivity contribution in [3.8, 4) is 0 Å². The summed E-state index contributed by atoms with van der Waals surface area (Å²) < 4.78 is 0.711. The molecule has 1 aromatic carbocycles. The molecule has 16 heavy (non-hydrogen) atoms. The molecule has 0 unspecified atom stereocenters. The first-order valence-electron chi connectivity index (χ1n) is 4.96. The van der Waals surface area contributed by atoms with E-state index in [1.54, 1.807) is 18.2 Å². The predicted octanol–water partition coefficient (Wildman–Crippen LogP) is 2.98. The van der Waals surface area contributed by atoms with Gasteiger partial charge in [-0.15, -0.1) is 0 Å². The molecule has 1 N–H and O–H groups in total. The second kappa shape index (κ2) is 6.40. The molecule has 0 radical (unpaired) electrons. The van der Waals surface area contributed by atoms with Gasteiger partial charge in [-0.1, -0.05) is 35.0 Å². The normalized spacial score (nSPS) is 10.9. The summed E-state index contributed by atoms with van der Waals surface area (Å²) >= 11 is 3.22. The lowest BCUT2D eigenvalue weighted by molar-refractivity contribution is -0.385. The molecule has 0 heterocycles. The Balaban J connectivity index is 2.86. The van der Waals surface area contributed by atoms with E-state index in [-0.39, 0.29) is 10.6 Å². The van der Waals surface area contributed by atoms with Crippen LogP contribution >= 0.6 is 15.9 Å². The largest absolute Gasteiger partial charge is 0.314 e. The van der Waals surface area contributed by atoms with Crippen LogP contribution in [0, 0.1) is 10.1 Å². The highest BCUT2D eigenvalue weighted by Gasteiger charge is 2.11. The third-order valence-electron chi connectivity index (χ3n) is 2.00. The molecule has 0 aliphatic rings. The van der Waals surface area contributed by atoms with Gasteiger partial charge in [0, 0.05) is 17.1 Å². The fraction of sp³-hybridized carbons (Fsp3) is 0.273. The van der Waals surface area contributed by atoms with E-state index < -0.39 is 0 Å². The number of hydrogen-bond donors (Lipinski definition) is 1. The summed E-state index contributed by atoms with van der Waals surface area (Å²) in [6, 6.07) is 5.03. The van der Waals surface area contributed by atoms with E-state index in [9.17, 15) is 10.1 Å².